The van der Waals surface area contributed by atoms with E-state index in [1.807, 2.05) is 6.07 Å². The second-order valence-electron chi connectivity index (χ2n) is 4.57. The molecule has 92 valence electrons. The molecule has 0 aromatic carbocycles. The third kappa shape index (κ3) is 2.16. The van der Waals surface area contributed by atoms with Crippen molar-refractivity contribution in [1.29, 1.82) is 5.26 Å². The quantitative estimate of drug-likeness (QED) is 0.824. The topological polar surface area (TPSA) is 62.7 Å². The minimum absolute atomic E-state index is 0.451. The van der Waals surface area contributed by atoms with Crippen molar-refractivity contribution >= 4 is 11.3 Å². The van der Waals surface area contributed by atoms with Crippen LogP contribution in [0.5, 0.6) is 0 Å². The van der Waals surface area contributed by atoms with E-state index in [0.29, 0.717) is 16.7 Å². The first-order valence-corrected chi connectivity index (χ1v) is 7.02. The lowest BCUT2D eigenvalue weighted by Crippen LogP contribution is -2.05. The lowest BCUT2D eigenvalue weighted by atomic mass is 9.89. The first-order chi connectivity index (χ1) is 8.86. The highest BCUT2D eigenvalue weighted by Crippen LogP contribution is 2.33. The zero-order chi connectivity index (χ0) is 12.4. The molecule has 0 spiro atoms. The van der Waals surface area contributed by atoms with Crippen molar-refractivity contribution in [1.82, 2.24) is 10.1 Å². The second-order valence-corrected chi connectivity index (χ2v) is 5.65. The number of hydrogen-bond acceptors (Lipinski definition) is 5. The van der Waals surface area contributed by atoms with E-state index < -0.39 is 0 Å². The summed E-state index contributed by atoms with van der Waals surface area (Å²) in [5.41, 5.74) is 0. The van der Waals surface area contributed by atoms with Crippen molar-refractivity contribution in [2.75, 3.05) is 0 Å². The molecule has 2 aromatic heterocycles. The van der Waals surface area contributed by atoms with Gasteiger partial charge in [0.15, 0.2) is 5.82 Å². The lowest BCUT2D eigenvalue weighted by Gasteiger charge is -2.17. The number of aromatic nitrogens is 2. The predicted octanol–water partition coefficient (Wildman–Crippen LogP) is 3.72. The van der Waals surface area contributed by atoms with Crippen LogP contribution in [0.15, 0.2) is 16.7 Å². The second kappa shape index (κ2) is 4.91. The highest BCUT2D eigenvalue weighted by molar-refractivity contribution is 7.15. The van der Waals surface area contributed by atoms with E-state index >= 15 is 0 Å². The number of thiophene rings is 1. The summed E-state index contributed by atoms with van der Waals surface area (Å²) in [5, 5.41) is 12.9. The molecule has 0 amide bonds. The summed E-state index contributed by atoms with van der Waals surface area (Å²) in [5.74, 6) is 1.82. The van der Waals surface area contributed by atoms with Crippen molar-refractivity contribution in [2.45, 2.75) is 38.0 Å². The molecule has 0 atom stereocenters. The molecule has 4 nitrogen and oxygen atoms in total. The van der Waals surface area contributed by atoms with Crippen molar-refractivity contribution in [2.24, 2.45) is 0 Å². The molecule has 0 bridgehead atoms. The maximum Gasteiger partial charge on any atom is 0.268 e. The summed E-state index contributed by atoms with van der Waals surface area (Å²) in [7, 11) is 0. The molecule has 5 heteroatoms. The predicted molar refractivity (Wildman–Crippen MR) is 68.2 cm³/mol. The summed E-state index contributed by atoms with van der Waals surface area (Å²) in [6.45, 7) is 0. The molecule has 1 fully saturated rings. The minimum Gasteiger partial charge on any atom is -0.333 e. The van der Waals surface area contributed by atoms with Crippen molar-refractivity contribution in [3.05, 3.63) is 22.8 Å². The van der Waals surface area contributed by atoms with Gasteiger partial charge in [-0.1, -0.05) is 24.4 Å². The standard InChI is InChI=1S/C13H13N3OS/c14-8-10-6-7-11(18-10)13-15-12(16-17-13)9-4-2-1-3-5-9/h6-7,9H,1-5H2. The van der Waals surface area contributed by atoms with Crippen LogP contribution < -0.4 is 0 Å². The van der Waals surface area contributed by atoms with Crippen LogP contribution >= 0.6 is 11.3 Å². The smallest absolute Gasteiger partial charge is 0.268 e. The monoisotopic (exact) mass is 259 g/mol. The lowest BCUT2D eigenvalue weighted by molar-refractivity contribution is 0.385. The molecular formula is C13H13N3OS. The molecule has 0 radical (unpaired) electrons. The Morgan fingerprint density at radius 3 is 2.83 bits per heavy atom. The number of hydrogen-bond donors (Lipinski definition) is 0. The van der Waals surface area contributed by atoms with Crippen LogP contribution in [0.2, 0.25) is 0 Å². The molecule has 1 saturated carbocycles. The molecule has 3 rings (SSSR count). The Kier molecular flexibility index (Phi) is 3.11. The SMILES string of the molecule is N#Cc1ccc(-c2nc(C3CCCCC3)no2)s1. The minimum atomic E-state index is 0.451. The van der Waals surface area contributed by atoms with Crippen LogP contribution in [-0.4, -0.2) is 10.1 Å². The van der Waals surface area contributed by atoms with Gasteiger partial charge in [-0.2, -0.15) is 10.2 Å². The van der Waals surface area contributed by atoms with Crippen LogP contribution in [0, 0.1) is 11.3 Å². The van der Waals surface area contributed by atoms with E-state index in [2.05, 4.69) is 16.2 Å². The fraction of sp³-hybridized carbons (Fsp3) is 0.462. The molecule has 2 heterocycles. The summed E-state index contributed by atoms with van der Waals surface area (Å²) in [6, 6.07) is 5.76. The largest absolute Gasteiger partial charge is 0.333 e. The number of nitrogens with zero attached hydrogens (tertiary/aromatic N) is 3. The molecule has 0 N–H and O–H groups in total. The van der Waals surface area contributed by atoms with Crippen molar-refractivity contribution in [3.63, 3.8) is 0 Å². The summed E-state index contributed by atoms with van der Waals surface area (Å²) in [6.07, 6.45) is 6.15. The van der Waals surface area contributed by atoms with E-state index in [9.17, 15) is 0 Å². The van der Waals surface area contributed by atoms with E-state index in [-0.39, 0.29) is 0 Å². The van der Waals surface area contributed by atoms with E-state index in [0.717, 1.165) is 23.5 Å². The van der Waals surface area contributed by atoms with Gasteiger partial charge in [-0.3, -0.25) is 0 Å². The maximum atomic E-state index is 8.80. The van der Waals surface area contributed by atoms with Crippen LogP contribution in [0.1, 0.15) is 48.7 Å². The van der Waals surface area contributed by atoms with Gasteiger partial charge >= 0.3 is 0 Å². The Morgan fingerprint density at radius 1 is 1.28 bits per heavy atom. The van der Waals surface area contributed by atoms with Crippen molar-refractivity contribution < 1.29 is 4.52 Å². The maximum absolute atomic E-state index is 8.80. The summed E-state index contributed by atoms with van der Waals surface area (Å²) >= 11 is 1.39. The molecule has 1 aliphatic rings. The third-order valence-corrected chi connectivity index (χ3v) is 4.32. The highest BCUT2D eigenvalue weighted by Gasteiger charge is 2.21. The Bertz CT molecular complexity index is 575. The first kappa shape index (κ1) is 11.4. The normalized spacial score (nSPS) is 16.6. The van der Waals surface area contributed by atoms with Crippen LogP contribution in [-0.2, 0) is 0 Å². The number of nitriles is 1. The average Bonchev–Trinajstić information content (AvgIpc) is 3.08. The van der Waals surface area contributed by atoms with Crippen LogP contribution in [0.4, 0.5) is 0 Å². The van der Waals surface area contributed by atoms with E-state index in [4.69, 9.17) is 9.78 Å². The summed E-state index contributed by atoms with van der Waals surface area (Å²) in [4.78, 5) is 6.02. The molecule has 0 aliphatic heterocycles. The Hall–Kier alpha value is -1.67. The zero-order valence-corrected chi connectivity index (χ0v) is 10.7. The van der Waals surface area contributed by atoms with E-state index in [1.54, 1.807) is 6.07 Å². The van der Waals surface area contributed by atoms with Gasteiger partial charge in [-0.05, 0) is 25.0 Å². The molecular weight excluding hydrogens is 246 g/mol. The Labute approximate surface area is 109 Å². The third-order valence-electron chi connectivity index (χ3n) is 3.34. The van der Waals surface area contributed by atoms with Crippen LogP contribution in [0.25, 0.3) is 10.8 Å². The molecule has 0 saturated heterocycles. The molecule has 0 unspecified atom stereocenters. The first-order valence-electron chi connectivity index (χ1n) is 6.21. The highest BCUT2D eigenvalue weighted by atomic mass is 32.1. The zero-order valence-electron chi connectivity index (χ0n) is 9.93. The summed E-state index contributed by atoms with van der Waals surface area (Å²) < 4.78 is 5.30. The van der Waals surface area contributed by atoms with Gasteiger partial charge in [0.2, 0.25) is 0 Å². The fourth-order valence-corrected chi connectivity index (χ4v) is 3.10. The Balaban J connectivity index is 1.82. The number of rotatable bonds is 2. The van der Waals surface area contributed by atoms with Gasteiger partial charge in [-0.15, -0.1) is 11.3 Å². The molecule has 18 heavy (non-hydrogen) atoms. The van der Waals surface area contributed by atoms with Gasteiger partial charge in [0.1, 0.15) is 10.9 Å². The Morgan fingerprint density at radius 2 is 2.11 bits per heavy atom. The molecule has 1 aliphatic carbocycles. The van der Waals surface area contributed by atoms with Crippen molar-refractivity contribution in [3.8, 4) is 16.8 Å². The van der Waals surface area contributed by atoms with Gasteiger partial charge in [0.05, 0.1) is 4.88 Å². The van der Waals surface area contributed by atoms with Crippen LogP contribution in [0.3, 0.4) is 0 Å². The van der Waals surface area contributed by atoms with Gasteiger partial charge in [0, 0.05) is 5.92 Å². The van der Waals surface area contributed by atoms with Gasteiger partial charge < -0.3 is 4.52 Å². The fourth-order valence-electron chi connectivity index (χ4n) is 2.37. The van der Waals surface area contributed by atoms with Gasteiger partial charge in [0.25, 0.3) is 5.89 Å². The van der Waals surface area contributed by atoms with Gasteiger partial charge in [-0.25, -0.2) is 0 Å². The average molecular weight is 259 g/mol. The molecule has 2 aromatic rings. The van der Waals surface area contributed by atoms with E-state index in [1.165, 1.54) is 30.6 Å².